The largest absolute Gasteiger partial charge is 0.495 e. The summed E-state index contributed by atoms with van der Waals surface area (Å²) in [5, 5.41) is 12.4. The molecule has 1 heterocycles. The van der Waals surface area contributed by atoms with Crippen molar-refractivity contribution in [3.05, 3.63) is 24.3 Å². The molecule has 3 rings (SSSR count). The molecule has 8 heteroatoms. The number of hydrogen-bond donors (Lipinski definition) is 2. The van der Waals surface area contributed by atoms with Crippen LogP contribution in [0.25, 0.3) is 0 Å². The minimum atomic E-state index is -1.21. The van der Waals surface area contributed by atoms with E-state index in [4.69, 9.17) is 4.74 Å². The molecule has 2 aliphatic rings. The van der Waals surface area contributed by atoms with Crippen LogP contribution in [0.3, 0.4) is 0 Å². The lowest BCUT2D eigenvalue weighted by molar-refractivity contribution is -0.131. The third-order valence-corrected chi connectivity index (χ3v) is 5.68. The summed E-state index contributed by atoms with van der Waals surface area (Å²) >= 11 is 0. The van der Waals surface area contributed by atoms with Crippen molar-refractivity contribution in [2.45, 2.75) is 46.1 Å². The Balaban J connectivity index is 1.79. The van der Waals surface area contributed by atoms with E-state index in [2.05, 4.69) is 31.1 Å². The molecule has 1 saturated heterocycles. The van der Waals surface area contributed by atoms with Crippen molar-refractivity contribution in [3.63, 3.8) is 0 Å². The van der Waals surface area contributed by atoms with Crippen molar-refractivity contribution >= 4 is 29.7 Å². The second kappa shape index (κ2) is 8.18. The molecule has 8 nitrogen and oxygen atoms in total. The van der Waals surface area contributed by atoms with Crippen molar-refractivity contribution in [1.29, 1.82) is 0 Å². The first-order chi connectivity index (χ1) is 14.1. The van der Waals surface area contributed by atoms with Gasteiger partial charge in [-0.15, -0.1) is 0 Å². The Bertz CT molecular complexity index is 881. The minimum Gasteiger partial charge on any atom is -0.495 e. The Kier molecular flexibility index (Phi) is 5.99. The van der Waals surface area contributed by atoms with E-state index in [1.165, 1.54) is 13.3 Å². The standard InChI is InChI=1S/C22H29N3O5/c1-21(2)9-14(26)10-22(3,12-21)13-23-11-15-18(27)24-20(29)25(19(15)28)16-7-5-6-8-17(16)30-4/h5-8,11,14-15,26H,9-10,12-13H2,1-4H3,(H,24,27,29)/t14-,15?,22+/m1/s1. The van der Waals surface area contributed by atoms with E-state index in [0.29, 0.717) is 18.7 Å². The van der Waals surface area contributed by atoms with Crippen LogP contribution in [-0.2, 0) is 9.59 Å². The van der Waals surface area contributed by atoms with E-state index in [1.807, 2.05) is 0 Å². The zero-order chi connectivity index (χ0) is 22.1. The average Bonchev–Trinajstić information content (AvgIpc) is 2.62. The number of aliphatic hydroxyl groups is 1. The summed E-state index contributed by atoms with van der Waals surface area (Å²) in [7, 11) is 1.44. The molecule has 1 aromatic rings. The summed E-state index contributed by atoms with van der Waals surface area (Å²) in [4.78, 5) is 43.0. The predicted molar refractivity (Wildman–Crippen MR) is 113 cm³/mol. The maximum atomic E-state index is 13.0. The number of carbonyl (C=O) groups excluding carboxylic acids is 3. The number of para-hydroxylation sites is 2. The fourth-order valence-corrected chi connectivity index (χ4v) is 4.84. The number of imide groups is 2. The van der Waals surface area contributed by atoms with Crippen LogP contribution in [0, 0.1) is 16.7 Å². The zero-order valence-corrected chi connectivity index (χ0v) is 17.8. The van der Waals surface area contributed by atoms with Crippen molar-refractivity contribution in [1.82, 2.24) is 5.32 Å². The molecule has 3 atom stereocenters. The summed E-state index contributed by atoms with van der Waals surface area (Å²) < 4.78 is 5.24. The number of hydrogen-bond acceptors (Lipinski definition) is 6. The Hall–Kier alpha value is -2.74. The van der Waals surface area contributed by atoms with Gasteiger partial charge < -0.3 is 9.84 Å². The average molecular weight is 415 g/mol. The second-order valence-corrected chi connectivity index (χ2v) is 9.32. The number of ether oxygens (including phenoxy) is 1. The lowest BCUT2D eigenvalue weighted by atomic mass is 9.63. The Labute approximate surface area is 176 Å². The van der Waals surface area contributed by atoms with Crippen LogP contribution in [0.1, 0.15) is 40.0 Å². The number of aliphatic hydroxyl groups excluding tert-OH is 1. The van der Waals surface area contributed by atoms with Gasteiger partial charge in [0.15, 0.2) is 5.92 Å². The van der Waals surface area contributed by atoms with Crippen LogP contribution >= 0.6 is 0 Å². The highest BCUT2D eigenvalue weighted by molar-refractivity contribution is 6.32. The third kappa shape index (κ3) is 4.53. The van der Waals surface area contributed by atoms with Gasteiger partial charge in [0.2, 0.25) is 5.91 Å². The SMILES string of the molecule is COc1ccccc1N1C(=O)NC(=O)C(C=NC[C@@]2(C)C[C@H](O)CC(C)(C)C2)C1=O. The number of benzene rings is 1. The minimum absolute atomic E-state index is 0.00689. The van der Waals surface area contributed by atoms with Gasteiger partial charge in [0.05, 0.1) is 18.9 Å². The number of aliphatic imine (C=N–C) groups is 1. The lowest BCUT2D eigenvalue weighted by Crippen LogP contribution is -2.58. The van der Waals surface area contributed by atoms with Crippen LogP contribution in [0.4, 0.5) is 10.5 Å². The van der Waals surface area contributed by atoms with Crippen molar-refractivity contribution in [3.8, 4) is 5.75 Å². The molecule has 1 saturated carbocycles. The Morgan fingerprint density at radius 1 is 1.23 bits per heavy atom. The number of nitrogens with zero attached hydrogens (tertiary/aromatic N) is 2. The fourth-order valence-electron chi connectivity index (χ4n) is 4.84. The second-order valence-electron chi connectivity index (χ2n) is 9.32. The number of amides is 4. The molecule has 0 spiro atoms. The van der Waals surface area contributed by atoms with Crippen molar-refractivity contribution in [2.24, 2.45) is 21.7 Å². The summed E-state index contributed by atoms with van der Waals surface area (Å²) in [6.07, 6.45) is 3.15. The molecule has 30 heavy (non-hydrogen) atoms. The topological polar surface area (TPSA) is 108 Å². The number of barbiturate groups is 1. The van der Waals surface area contributed by atoms with Gasteiger partial charge in [0, 0.05) is 12.8 Å². The molecule has 2 N–H and O–H groups in total. The van der Waals surface area contributed by atoms with Gasteiger partial charge in [0.25, 0.3) is 5.91 Å². The first-order valence-corrected chi connectivity index (χ1v) is 10.1. The highest BCUT2D eigenvalue weighted by atomic mass is 16.5. The van der Waals surface area contributed by atoms with Crippen molar-refractivity contribution < 1.29 is 24.2 Å². The third-order valence-electron chi connectivity index (χ3n) is 5.68. The van der Waals surface area contributed by atoms with E-state index in [9.17, 15) is 19.5 Å². The van der Waals surface area contributed by atoms with E-state index in [0.717, 1.165) is 17.7 Å². The first-order valence-electron chi connectivity index (χ1n) is 10.1. The highest BCUT2D eigenvalue weighted by Crippen LogP contribution is 2.46. The maximum absolute atomic E-state index is 13.0. The molecular formula is C22H29N3O5. The number of nitrogens with one attached hydrogen (secondary N) is 1. The van der Waals surface area contributed by atoms with Crippen LogP contribution in [0.15, 0.2) is 29.3 Å². The first kappa shape index (κ1) is 22.0. The number of rotatable bonds is 5. The maximum Gasteiger partial charge on any atom is 0.335 e. The Morgan fingerprint density at radius 3 is 2.60 bits per heavy atom. The summed E-state index contributed by atoms with van der Waals surface area (Å²) in [6, 6.07) is 5.79. The van der Waals surface area contributed by atoms with Gasteiger partial charge >= 0.3 is 6.03 Å². The zero-order valence-electron chi connectivity index (χ0n) is 17.8. The van der Waals surface area contributed by atoms with Crippen LogP contribution in [0.2, 0.25) is 0 Å². The van der Waals surface area contributed by atoms with Gasteiger partial charge in [0.1, 0.15) is 5.75 Å². The number of urea groups is 1. The molecule has 0 bridgehead atoms. The molecular weight excluding hydrogens is 386 g/mol. The van der Waals surface area contributed by atoms with Gasteiger partial charge in [-0.2, -0.15) is 0 Å². The molecule has 0 radical (unpaired) electrons. The van der Waals surface area contributed by atoms with Gasteiger partial charge in [-0.25, -0.2) is 9.69 Å². The van der Waals surface area contributed by atoms with Crippen LogP contribution in [0.5, 0.6) is 5.75 Å². The molecule has 0 aromatic heterocycles. The Morgan fingerprint density at radius 2 is 1.93 bits per heavy atom. The fraction of sp³-hybridized carbons (Fsp3) is 0.545. The van der Waals surface area contributed by atoms with Gasteiger partial charge in [-0.1, -0.05) is 32.9 Å². The predicted octanol–water partition coefficient (Wildman–Crippen LogP) is 2.54. The number of anilines is 1. The molecule has 2 fully saturated rings. The summed E-state index contributed by atoms with van der Waals surface area (Å²) in [5.74, 6) is -2.24. The molecule has 1 unspecified atom stereocenters. The van der Waals surface area contributed by atoms with Gasteiger partial charge in [-0.3, -0.25) is 19.9 Å². The van der Waals surface area contributed by atoms with Gasteiger partial charge in [-0.05, 0) is 42.2 Å². The molecule has 4 amide bonds. The van der Waals surface area contributed by atoms with E-state index < -0.39 is 29.9 Å². The van der Waals surface area contributed by atoms with Crippen LogP contribution < -0.4 is 15.0 Å². The molecule has 1 aliphatic carbocycles. The van der Waals surface area contributed by atoms with E-state index >= 15 is 0 Å². The number of carbonyl (C=O) groups is 3. The van der Waals surface area contributed by atoms with Crippen LogP contribution in [-0.4, -0.2) is 48.9 Å². The van der Waals surface area contributed by atoms with E-state index in [1.54, 1.807) is 24.3 Å². The molecule has 1 aliphatic heterocycles. The lowest BCUT2D eigenvalue weighted by Gasteiger charge is -2.44. The molecule has 1 aromatic carbocycles. The normalized spacial score (nSPS) is 29.2. The quantitative estimate of drug-likeness (QED) is 0.568. The monoisotopic (exact) mass is 415 g/mol. The van der Waals surface area contributed by atoms with Crippen molar-refractivity contribution in [2.75, 3.05) is 18.6 Å². The van der Waals surface area contributed by atoms with E-state index in [-0.39, 0.29) is 16.5 Å². The summed E-state index contributed by atoms with van der Waals surface area (Å²) in [6.45, 7) is 6.67. The smallest absolute Gasteiger partial charge is 0.335 e. The summed E-state index contributed by atoms with van der Waals surface area (Å²) in [5.41, 5.74) is 0.0226. The molecule has 162 valence electrons. The number of methoxy groups -OCH3 is 1. The highest BCUT2D eigenvalue weighted by Gasteiger charge is 2.43.